The van der Waals surface area contributed by atoms with Crippen molar-refractivity contribution in [2.24, 2.45) is 0 Å². The normalized spacial score (nSPS) is 11.8. The zero-order chi connectivity index (χ0) is 16.0. The van der Waals surface area contributed by atoms with Crippen LogP contribution in [0.1, 0.15) is 27.2 Å². The van der Waals surface area contributed by atoms with E-state index in [2.05, 4.69) is 0 Å². The molecule has 1 aromatic carbocycles. The van der Waals surface area contributed by atoms with E-state index < -0.39 is 17.8 Å². The zero-order valence-electron chi connectivity index (χ0n) is 12.5. The fourth-order valence-corrected chi connectivity index (χ4v) is 2.23. The van der Waals surface area contributed by atoms with Crippen LogP contribution >= 0.6 is 0 Å². The smallest absolute Gasteiger partial charge is 0.324 e. The summed E-state index contributed by atoms with van der Waals surface area (Å²) in [4.78, 5) is 26.3. The largest absolute Gasteiger partial charge is 0.481 e. The van der Waals surface area contributed by atoms with Crippen LogP contribution in [0.2, 0.25) is 0 Å². The summed E-state index contributed by atoms with van der Waals surface area (Å²) in [6, 6.07) is 5.04. The standard InChI is InChI=1S/C15H21FN2O3/c1-4-17(11(3)9-14(19)20)15(21)18(5-2)13-8-6-7-12(16)10-13/h6-8,10-11H,4-5,9H2,1-3H3,(H,19,20). The first-order valence-electron chi connectivity index (χ1n) is 6.96. The van der Waals surface area contributed by atoms with Crippen LogP contribution in [0, 0.1) is 5.82 Å². The highest BCUT2D eigenvalue weighted by Crippen LogP contribution is 2.18. The quantitative estimate of drug-likeness (QED) is 0.878. The fourth-order valence-electron chi connectivity index (χ4n) is 2.23. The third-order valence-electron chi connectivity index (χ3n) is 3.26. The van der Waals surface area contributed by atoms with E-state index in [1.165, 1.54) is 28.0 Å². The van der Waals surface area contributed by atoms with Crippen LogP contribution in [-0.2, 0) is 4.79 Å². The first kappa shape index (κ1) is 16.9. The van der Waals surface area contributed by atoms with Crippen molar-refractivity contribution in [1.82, 2.24) is 4.90 Å². The van der Waals surface area contributed by atoms with Gasteiger partial charge >= 0.3 is 12.0 Å². The van der Waals surface area contributed by atoms with Gasteiger partial charge in [0, 0.05) is 24.8 Å². The highest BCUT2D eigenvalue weighted by Gasteiger charge is 2.25. The number of anilines is 1. The van der Waals surface area contributed by atoms with Crippen molar-refractivity contribution in [2.75, 3.05) is 18.0 Å². The van der Waals surface area contributed by atoms with Crippen molar-refractivity contribution in [2.45, 2.75) is 33.2 Å². The van der Waals surface area contributed by atoms with Crippen LogP contribution in [0.3, 0.4) is 0 Å². The fraction of sp³-hybridized carbons (Fsp3) is 0.467. The molecule has 1 rings (SSSR count). The van der Waals surface area contributed by atoms with Gasteiger partial charge in [-0.15, -0.1) is 0 Å². The Morgan fingerprint density at radius 3 is 2.43 bits per heavy atom. The van der Waals surface area contributed by atoms with Gasteiger partial charge in [-0.1, -0.05) is 6.07 Å². The Balaban J connectivity index is 2.97. The van der Waals surface area contributed by atoms with Crippen molar-refractivity contribution in [3.63, 3.8) is 0 Å². The molecule has 0 radical (unpaired) electrons. The van der Waals surface area contributed by atoms with E-state index in [-0.39, 0.29) is 12.5 Å². The van der Waals surface area contributed by atoms with Crippen LogP contribution < -0.4 is 4.90 Å². The van der Waals surface area contributed by atoms with E-state index in [0.717, 1.165) is 0 Å². The van der Waals surface area contributed by atoms with E-state index in [1.807, 2.05) is 0 Å². The number of urea groups is 1. The number of amides is 2. The molecule has 1 unspecified atom stereocenters. The van der Waals surface area contributed by atoms with E-state index >= 15 is 0 Å². The topological polar surface area (TPSA) is 60.9 Å². The molecule has 0 bridgehead atoms. The maximum absolute atomic E-state index is 13.3. The maximum Gasteiger partial charge on any atom is 0.324 e. The third-order valence-corrected chi connectivity index (χ3v) is 3.26. The second kappa shape index (κ2) is 7.61. The van der Waals surface area contributed by atoms with Crippen molar-refractivity contribution < 1.29 is 19.1 Å². The lowest BCUT2D eigenvalue weighted by Crippen LogP contribution is -2.48. The average Bonchev–Trinajstić information content (AvgIpc) is 2.39. The van der Waals surface area contributed by atoms with Crippen LogP contribution in [0.25, 0.3) is 0 Å². The molecule has 6 heteroatoms. The molecule has 0 spiro atoms. The molecule has 0 fully saturated rings. The first-order valence-corrected chi connectivity index (χ1v) is 6.96. The van der Waals surface area contributed by atoms with Crippen molar-refractivity contribution >= 4 is 17.7 Å². The molecule has 0 aliphatic heterocycles. The lowest BCUT2D eigenvalue weighted by atomic mass is 10.2. The number of carboxylic acid groups (broad SMARTS) is 1. The molecule has 0 saturated heterocycles. The summed E-state index contributed by atoms with van der Waals surface area (Å²) >= 11 is 0. The number of halogens is 1. The molecule has 0 aliphatic carbocycles. The van der Waals surface area contributed by atoms with Crippen molar-refractivity contribution in [3.8, 4) is 0 Å². The molecular formula is C15H21FN2O3. The highest BCUT2D eigenvalue weighted by atomic mass is 19.1. The van der Waals surface area contributed by atoms with Gasteiger partial charge in [-0.25, -0.2) is 9.18 Å². The van der Waals surface area contributed by atoms with Crippen LogP contribution in [0.5, 0.6) is 0 Å². The van der Waals surface area contributed by atoms with Gasteiger partial charge in [0.2, 0.25) is 0 Å². The van der Waals surface area contributed by atoms with E-state index in [4.69, 9.17) is 5.11 Å². The van der Waals surface area contributed by atoms with Crippen LogP contribution in [0.15, 0.2) is 24.3 Å². The number of carboxylic acids is 1. The van der Waals surface area contributed by atoms with Gasteiger partial charge in [0.1, 0.15) is 5.82 Å². The number of carbonyl (C=O) groups excluding carboxylic acids is 1. The Labute approximate surface area is 124 Å². The molecule has 2 amide bonds. The average molecular weight is 296 g/mol. The van der Waals surface area contributed by atoms with E-state index in [9.17, 15) is 14.0 Å². The molecule has 0 aliphatic rings. The summed E-state index contributed by atoms with van der Waals surface area (Å²) in [7, 11) is 0. The van der Waals surface area contributed by atoms with Crippen LogP contribution in [-0.4, -0.2) is 41.1 Å². The number of aliphatic carboxylic acids is 1. The minimum Gasteiger partial charge on any atom is -0.481 e. The summed E-state index contributed by atoms with van der Waals surface area (Å²) in [5.41, 5.74) is 0.462. The van der Waals surface area contributed by atoms with Gasteiger partial charge in [-0.3, -0.25) is 9.69 Å². The number of rotatable bonds is 6. The number of hydrogen-bond donors (Lipinski definition) is 1. The molecule has 1 aromatic rings. The van der Waals surface area contributed by atoms with Crippen molar-refractivity contribution in [1.29, 1.82) is 0 Å². The van der Waals surface area contributed by atoms with Gasteiger partial charge in [-0.05, 0) is 39.0 Å². The Morgan fingerprint density at radius 1 is 1.29 bits per heavy atom. The van der Waals surface area contributed by atoms with Crippen LogP contribution in [0.4, 0.5) is 14.9 Å². The molecule has 1 N–H and O–H groups in total. The second-order valence-corrected chi connectivity index (χ2v) is 4.74. The molecule has 21 heavy (non-hydrogen) atoms. The third kappa shape index (κ3) is 4.44. The maximum atomic E-state index is 13.3. The monoisotopic (exact) mass is 296 g/mol. The first-order chi connectivity index (χ1) is 9.90. The summed E-state index contributed by atoms with van der Waals surface area (Å²) in [5.74, 6) is -1.37. The molecular weight excluding hydrogens is 275 g/mol. The molecule has 0 aromatic heterocycles. The van der Waals surface area contributed by atoms with Gasteiger partial charge in [0.05, 0.1) is 6.42 Å². The van der Waals surface area contributed by atoms with E-state index in [0.29, 0.717) is 18.8 Å². The minimum atomic E-state index is -0.956. The van der Waals surface area contributed by atoms with Gasteiger partial charge in [0.15, 0.2) is 0 Å². The highest BCUT2D eigenvalue weighted by molar-refractivity contribution is 5.92. The predicted molar refractivity (Wildman–Crippen MR) is 78.9 cm³/mol. The van der Waals surface area contributed by atoms with Gasteiger partial charge in [0.25, 0.3) is 0 Å². The molecule has 5 nitrogen and oxygen atoms in total. The second-order valence-electron chi connectivity index (χ2n) is 4.74. The van der Waals surface area contributed by atoms with Crippen molar-refractivity contribution in [3.05, 3.63) is 30.1 Å². The lowest BCUT2D eigenvalue weighted by molar-refractivity contribution is -0.138. The zero-order valence-corrected chi connectivity index (χ0v) is 12.5. The summed E-state index contributed by atoms with van der Waals surface area (Å²) in [5, 5.41) is 8.86. The Morgan fingerprint density at radius 2 is 1.95 bits per heavy atom. The Bertz CT molecular complexity index is 507. The van der Waals surface area contributed by atoms with Gasteiger partial charge < -0.3 is 10.0 Å². The minimum absolute atomic E-state index is 0.125. The summed E-state index contributed by atoms with van der Waals surface area (Å²) in [6.45, 7) is 6.03. The molecule has 0 saturated carbocycles. The summed E-state index contributed by atoms with van der Waals surface area (Å²) in [6.07, 6.45) is -0.125. The molecule has 116 valence electrons. The lowest BCUT2D eigenvalue weighted by Gasteiger charge is -2.33. The predicted octanol–water partition coefficient (Wildman–Crippen LogP) is 2.96. The number of carbonyl (C=O) groups is 2. The SMILES string of the molecule is CCN(C(=O)N(CC)C(C)CC(=O)O)c1cccc(F)c1. The molecule has 0 heterocycles. The number of hydrogen-bond acceptors (Lipinski definition) is 2. The number of benzene rings is 1. The Kier molecular flexibility index (Phi) is 6.14. The summed E-state index contributed by atoms with van der Waals surface area (Å²) < 4.78 is 13.3. The van der Waals surface area contributed by atoms with Gasteiger partial charge in [-0.2, -0.15) is 0 Å². The number of nitrogens with zero attached hydrogens (tertiary/aromatic N) is 2. The molecule has 1 atom stereocenters. The van der Waals surface area contributed by atoms with E-state index in [1.54, 1.807) is 26.8 Å². The Hall–Kier alpha value is -2.11.